The number of halogens is 1. The number of aromatic nitrogens is 3. The maximum atomic E-state index is 11.3. The maximum Gasteiger partial charge on any atom is 0.358 e. The van der Waals surface area contributed by atoms with Crippen molar-refractivity contribution in [3.8, 4) is 0 Å². The molecule has 1 aromatic heterocycles. The van der Waals surface area contributed by atoms with Crippen molar-refractivity contribution in [2.75, 3.05) is 20.6 Å². The SMILES string of the molecule is CN(C)CCn1nnc(C(=O)O)c1Cc1ccccc1Cl. The molecule has 2 rings (SSSR count). The molecule has 0 saturated heterocycles. The van der Waals surface area contributed by atoms with E-state index in [0.29, 0.717) is 23.7 Å². The fraction of sp³-hybridized carbons (Fsp3) is 0.357. The van der Waals surface area contributed by atoms with Crippen LogP contribution in [0.3, 0.4) is 0 Å². The highest BCUT2D eigenvalue weighted by Crippen LogP contribution is 2.20. The lowest BCUT2D eigenvalue weighted by atomic mass is 10.1. The van der Waals surface area contributed by atoms with E-state index >= 15 is 0 Å². The van der Waals surface area contributed by atoms with Gasteiger partial charge in [-0.25, -0.2) is 9.48 Å². The van der Waals surface area contributed by atoms with Gasteiger partial charge in [-0.15, -0.1) is 5.10 Å². The van der Waals surface area contributed by atoms with E-state index in [1.807, 2.05) is 37.2 Å². The van der Waals surface area contributed by atoms with E-state index in [0.717, 1.165) is 12.1 Å². The topological polar surface area (TPSA) is 71.2 Å². The van der Waals surface area contributed by atoms with Gasteiger partial charge in [0.15, 0.2) is 5.69 Å². The molecule has 0 radical (unpaired) electrons. The minimum Gasteiger partial charge on any atom is -0.476 e. The summed E-state index contributed by atoms with van der Waals surface area (Å²) in [5, 5.41) is 17.6. The quantitative estimate of drug-likeness (QED) is 0.881. The molecule has 0 fully saturated rings. The summed E-state index contributed by atoms with van der Waals surface area (Å²) >= 11 is 6.15. The number of likely N-dealkylation sites (N-methyl/N-ethyl adjacent to an activating group) is 1. The smallest absolute Gasteiger partial charge is 0.358 e. The first kappa shape index (κ1) is 15.5. The number of carboxylic acids is 1. The van der Waals surface area contributed by atoms with Crippen molar-refractivity contribution < 1.29 is 9.90 Å². The first-order valence-electron chi connectivity index (χ1n) is 6.53. The van der Waals surface area contributed by atoms with Crippen molar-refractivity contribution in [1.29, 1.82) is 0 Å². The Bertz CT molecular complexity index is 640. The van der Waals surface area contributed by atoms with Crippen LogP contribution in [0, 0.1) is 0 Å². The van der Waals surface area contributed by atoms with Crippen LogP contribution in [0.4, 0.5) is 0 Å². The van der Waals surface area contributed by atoms with Gasteiger partial charge in [0.1, 0.15) is 0 Å². The zero-order chi connectivity index (χ0) is 15.4. The number of benzene rings is 1. The molecule has 0 amide bonds. The second-order valence-electron chi connectivity index (χ2n) is 4.98. The highest BCUT2D eigenvalue weighted by molar-refractivity contribution is 6.31. The minimum absolute atomic E-state index is 0.0197. The van der Waals surface area contributed by atoms with Crippen LogP contribution in [-0.2, 0) is 13.0 Å². The summed E-state index contributed by atoms with van der Waals surface area (Å²) in [5.74, 6) is -1.08. The van der Waals surface area contributed by atoms with E-state index in [9.17, 15) is 9.90 Å². The van der Waals surface area contributed by atoms with Crippen molar-refractivity contribution in [1.82, 2.24) is 19.9 Å². The number of rotatable bonds is 6. The van der Waals surface area contributed by atoms with E-state index in [1.54, 1.807) is 10.7 Å². The largest absolute Gasteiger partial charge is 0.476 e. The first-order valence-corrected chi connectivity index (χ1v) is 6.90. The van der Waals surface area contributed by atoms with Gasteiger partial charge >= 0.3 is 5.97 Å². The van der Waals surface area contributed by atoms with Crippen LogP contribution in [0.5, 0.6) is 0 Å². The Balaban J connectivity index is 2.33. The van der Waals surface area contributed by atoms with Crippen LogP contribution in [0.2, 0.25) is 5.02 Å². The van der Waals surface area contributed by atoms with E-state index in [4.69, 9.17) is 11.6 Å². The fourth-order valence-corrected chi connectivity index (χ4v) is 2.17. The first-order chi connectivity index (χ1) is 9.99. The highest BCUT2D eigenvalue weighted by Gasteiger charge is 2.20. The molecule has 0 aliphatic rings. The molecule has 0 unspecified atom stereocenters. The molecule has 6 nitrogen and oxygen atoms in total. The second-order valence-corrected chi connectivity index (χ2v) is 5.39. The van der Waals surface area contributed by atoms with Crippen LogP contribution in [0.25, 0.3) is 0 Å². The molecular weight excluding hydrogens is 292 g/mol. The molecule has 0 saturated carbocycles. The van der Waals surface area contributed by atoms with Gasteiger partial charge in [-0.05, 0) is 25.7 Å². The van der Waals surface area contributed by atoms with Crippen molar-refractivity contribution in [3.05, 3.63) is 46.2 Å². The Morgan fingerprint density at radius 3 is 2.71 bits per heavy atom. The van der Waals surface area contributed by atoms with Crippen molar-refractivity contribution >= 4 is 17.6 Å². The van der Waals surface area contributed by atoms with Crippen LogP contribution in [-0.4, -0.2) is 51.6 Å². The molecule has 7 heteroatoms. The number of hydrogen-bond donors (Lipinski definition) is 1. The van der Waals surface area contributed by atoms with Crippen LogP contribution < -0.4 is 0 Å². The Morgan fingerprint density at radius 2 is 2.10 bits per heavy atom. The van der Waals surface area contributed by atoms with Crippen LogP contribution in [0.1, 0.15) is 21.7 Å². The molecule has 1 aromatic carbocycles. The molecule has 2 aromatic rings. The fourth-order valence-electron chi connectivity index (χ4n) is 1.97. The summed E-state index contributed by atoms with van der Waals surface area (Å²) in [5.41, 5.74) is 1.40. The lowest BCUT2D eigenvalue weighted by Crippen LogP contribution is -2.20. The third-order valence-electron chi connectivity index (χ3n) is 3.11. The number of carboxylic acid groups (broad SMARTS) is 1. The Labute approximate surface area is 127 Å². The number of aromatic carboxylic acids is 1. The average molecular weight is 309 g/mol. The molecule has 0 aliphatic carbocycles. The van der Waals surface area contributed by atoms with Crippen LogP contribution >= 0.6 is 11.6 Å². The average Bonchev–Trinajstić information content (AvgIpc) is 2.82. The van der Waals surface area contributed by atoms with Crippen molar-refractivity contribution in [3.63, 3.8) is 0 Å². The lowest BCUT2D eigenvalue weighted by molar-refractivity contribution is 0.0689. The van der Waals surface area contributed by atoms with Gasteiger partial charge in [0.05, 0.1) is 12.2 Å². The van der Waals surface area contributed by atoms with Gasteiger partial charge in [-0.3, -0.25) is 0 Å². The highest BCUT2D eigenvalue weighted by atomic mass is 35.5. The van der Waals surface area contributed by atoms with Crippen molar-refractivity contribution in [2.24, 2.45) is 0 Å². The normalized spacial score (nSPS) is 11.0. The third kappa shape index (κ3) is 3.80. The summed E-state index contributed by atoms with van der Waals surface area (Å²) in [4.78, 5) is 13.3. The summed E-state index contributed by atoms with van der Waals surface area (Å²) in [6.07, 6.45) is 0.391. The summed E-state index contributed by atoms with van der Waals surface area (Å²) in [6.45, 7) is 1.32. The lowest BCUT2D eigenvalue weighted by Gasteiger charge is -2.12. The zero-order valence-electron chi connectivity index (χ0n) is 12.0. The van der Waals surface area contributed by atoms with Crippen LogP contribution in [0.15, 0.2) is 24.3 Å². The number of hydrogen-bond acceptors (Lipinski definition) is 4. The Hall–Kier alpha value is -1.92. The standard InChI is InChI=1S/C14H17ClN4O2/c1-18(2)7-8-19-12(13(14(20)21)16-17-19)9-10-5-3-4-6-11(10)15/h3-6H,7-9H2,1-2H3,(H,20,21). The predicted octanol–water partition coefficient (Wildman–Crippen LogP) is 1.78. The van der Waals surface area contributed by atoms with Gasteiger partial charge in [-0.2, -0.15) is 0 Å². The maximum absolute atomic E-state index is 11.3. The van der Waals surface area contributed by atoms with Gasteiger partial charge in [0.2, 0.25) is 0 Å². The van der Waals surface area contributed by atoms with E-state index in [1.165, 1.54) is 0 Å². The molecule has 1 N–H and O–H groups in total. The molecule has 0 spiro atoms. The second kappa shape index (κ2) is 6.69. The molecule has 0 bridgehead atoms. The summed E-state index contributed by atoms with van der Waals surface area (Å²) < 4.78 is 1.63. The van der Waals surface area contributed by atoms with Gasteiger partial charge in [0.25, 0.3) is 0 Å². The monoisotopic (exact) mass is 308 g/mol. The van der Waals surface area contributed by atoms with E-state index in [2.05, 4.69) is 10.3 Å². The van der Waals surface area contributed by atoms with E-state index in [-0.39, 0.29) is 5.69 Å². The van der Waals surface area contributed by atoms with Gasteiger partial charge in [0, 0.05) is 18.0 Å². The number of nitrogens with zero attached hydrogens (tertiary/aromatic N) is 4. The molecular formula is C14H17ClN4O2. The number of carbonyl (C=O) groups is 1. The Kier molecular flexibility index (Phi) is 4.93. The van der Waals surface area contributed by atoms with Gasteiger partial charge < -0.3 is 10.0 Å². The third-order valence-corrected chi connectivity index (χ3v) is 3.48. The zero-order valence-corrected chi connectivity index (χ0v) is 12.7. The molecule has 0 atom stereocenters. The molecule has 0 aliphatic heterocycles. The van der Waals surface area contributed by atoms with Crippen molar-refractivity contribution in [2.45, 2.75) is 13.0 Å². The molecule has 21 heavy (non-hydrogen) atoms. The molecule has 112 valence electrons. The minimum atomic E-state index is -1.08. The van der Waals surface area contributed by atoms with Gasteiger partial charge in [-0.1, -0.05) is 35.0 Å². The van der Waals surface area contributed by atoms with E-state index < -0.39 is 5.97 Å². The molecule has 1 heterocycles. The summed E-state index contributed by atoms with van der Waals surface area (Å²) in [6, 6.07) is 7.36. The predicted molar refractivity (Wildman–Crippen MR) is 79.8 cm³/mol. The summed E-state index contributed by atoms with van der Waals surface area (Å²) in [7, 11) is 3.89. The Morgan fingerprint density at radius 1 is 1.38 bits per heavy atom.